The van der Waals surface area contributed by atoms with Crippen molar-refractivity contribution >= 4 is 5.97 Å². The number of alkyl halides is 3. The molecule has 0 bridgehead atoms. The summed E-state index contributed by atoms with van der Waals surface area (Å²) in [6.07, 6.45) is -5.45. The first kappa shape index (κ1) is 13.2. The largest absolute Gasteiger partial charge is 0.481 e. The van der Waals surface area contributed by atoms with Gasteiger partial charge in [-0.1, -0.05) is 0 Å². The topological polar surface area (TPSA) is 40.5 Å². The van der Waals surface area contributed by atoms with Crippen LogP contribution in [0.5, 0.6) is 0 Å². The van der Waals surface area contributed by atoms with Crippen LogP contribution in [0.3, 0.4) is 0 Å². The second kappa shape index (κ2) is 5.19. The summed E-state index contributed by atoms with van der Waals surface area (Å²) in [4.78, 5) is 11.8. The second-order valence-corrected chi connectivity index (χ2v) is 3.43. The summed E-state index contributed by atoms with van der Waals surface area (Å²) in [5, 5.41) is 8.30. The molecule has 0 radical (unpaired) electrons. The van der Waals surface area contributed by atoms with Crippen LogP contribution in [0, 0.1) is 5.92 Å². The molecule has 0 spiro atoms. The van der Waals surface area contributed by atoms with E-state index in [2.05, 4.69) is 0 Å². The highest BCUT2D eigenvalue weighted by Gasteiger charge is 2.40. The average molecular weight is 213 g/mol. The smallest absolute Gasteiger partial charge is 0.392 e. The number of nitrogens with zero attached hydrogens (tertiary/aromatic N) is 1. The van der Waals surface area contributed by atoms with Gasteiger partial charge in [0, 0.05) is 0 Å². The lowest BCUT2D eigenvalue weighted by molar-refractivity contribution is -0.184. The first-order chi connectivity index (χ1) is 6.23. The van der Waals surface area contributed by atoms with Gasteiger partial charge in [0.15, 0.2) is 0 Å². The molecule has 0 aliphatic carbocycles. The van der Waals surface area contributed by atoms with Gasteiger partial charge in [0.25, 0.3) is 0 Å². The van der Waals surface area contributed by atoms with Crippen molar-refractivity contribution in [2.24, 2.45) is 5.92 Å². The Kier molecular flexibility index (Phi) is 4.90. The van der Waals surface area contributed by atoms with E-state index in [9.17, 15) is 18.0 Å². The predicted octanol–water partition coefficient (Wildman–Crippen LogP) is 1.59. The van der Waals surface area contributed by atoms with Crippen LogP contribution in [0.15, 0.2) is 0 Å². The minimum Gasteiger partial charge on any atom is -0.481 e. The second-order valence-electron chi connectivity index (χ2n) is 3.43. The number of hydrogen-bond acceptors (Lipinski definition) is 2. The molecule has 84 valence electrons. The van der Waals surface area contributed by atoms with Crippen LogP contribution in [-0.4, -0.2) is 42.8 Å². The number of hydrogen-bond donors (Lipinski definition) is 1. The molecule has 0 rings (SSSR count). The van der Waals surface area contributed by atoms with Crippen molar-refractivity contribution in [3.05, 3.63) is 0 Å². The van der Waals surface area contributed by atoms with Gasteiger partial charge in [0.05, 0.1) is 12.3 Å². The van der Waals surface area contributed by atoms with Crippen LogP contribution >= 0.6 is 0 Å². The Labute approximate surface area is 80.5 Å². The average Bonchev–Trinajstić information content (AvgIpc) is 1.94. The van der Waals surface area contributed by atoms with Crippen LogP contribution in [0.2, 0.25) is 0 Å². The monoisotopic (exact) mass is 213 g/mol. The van der Waals surface area contributed by atoms with Gasteiger partial charge in [0.1, 0.15) is 0 Å². The Hall–Kier alpha value is -0.780. The van der Waals surface area contributed by atoms with E-state index in [-0.39, 0.29) is 13.0 Å². The van der Waals surface area contributed by atoms with Crippen molar-refractivity contribution in [2.75, 3.05) is 20.6 Å². The minimum absolute atomic E-state index is 0.178. The summed E-state index contributed by atoms with van der Waals surface area (Å²) < 4.78 is 36.7. The van der Waals surface area contributed by atoms with Gasteiger partial charge < -0.3 is 10.0 Å². The minimum atomic E-state index is -4.42. The lowest BCUT2D eigenvalue weighted by Gasteiger charge is -2.20. The number of carboxylic acid groups (broad SMARTS) is 1. The summed E-state index contributed by atoms with van der Waals surface area (Å²) in [6.45, 7) is 0.234. The molecule has 0 aromatic carbocycles. The van der Waals surface area contributed by atoms with E-state index in [4.69, 9.17) is 5.11 Å². The molecule has 14 heavy (non-hydrogen) atoms. The highest BCUT2D eigenvalue weighted by Crippen LogP contribution is 2.31. The fourth-order valence-corrected chi connectivity index (χ4v) is 1.01. The van der Waals surface area contributed by atoms with Crippen LogP contribution < -0.4 is 0 Å². The van der Waals surface area contributed by atoms with E-state index in [1.54, 1.807) is 19.0 Å². The van der Waals surface area contributed by atoms with Gasteiger partial charge in [-0.25, -0.2) is 0 Å². The van der Waals surface area contributed by atoms with E-state index in [0.29, 0.717) is 0 Å². The number of halogens is 3. The maximum absolute atomic E-state index is 12.2. The summed E-state index contributed by atoms with van der Waals surface area (Å²) in [5.74, 6) is -3.16. The van der Waals surface area contributed by atoms with Gasteiger partial charge in [-0.3, -0.25) is 4.79 Å². The summed E-state index contributed by atoms with van der Waals surface area (Å²) in [5.41, 5.74) is 0. The molecule has 6 heteroatoms. The van der Waals surface area contributed by atoms with Crippen molar-refractivity contribution in [1.29, 1.82) is 0 Å². The van der Waals surface area contributed by atoms with Crippen LogP contribution in [-0.2, 0) is 4.79 Å². The lowest BCUT2D eigenvalue weighted by Crippen LogP contribution is -2.29. The standard InChI is InChI=1S/C8H14F3NO2/c1-12(2)4-3-6(5-7(13)14)8(9,10)11/h6H,3-5H2,1-2H3,(H,13,14). The number of carbonyl (C=O) groups is 1. The molecule has 0 fully saturated rings. The van der Waals surface area contributed by atoms with E-state index < -0.39 is 24.5 Å². The number of carboxylic acids is 1. The zero-order valence-corrected chi connectivity index (χ0v) is 8.14. The highest BCUT2D eigenvalue weighted by molar-refractivity contribution is 5.67. The van der Waals surface area contributed by atoms with Crippen molar-refractivity contribution < 1.29 is 23.1 Å². The molecule has 3 nitrogen and oxygen atoms in total. The zero-order chi connectivity index (χ0) is 11.4. The lowest BCUT2D eigenvalue weighted by atomic mass is 10.0. The number of rotatable bonds is 5. The number of aliphatic carboxylic acids is 1. The van der Waals surface area contributed by atoms with Gasteiger partial charge in [-0.15, -0.1) is 0 Å². The molecule has 0 aliphatic rings. The molecule has 1 N–H and O–H groups in total. The van der Waals surface area contributed by atoms with E-state index in [1.807, 2.05) is 0 Å². The van der Waals surface area contributed by atoms with Crippen LogP contribution in [0.4, 0.5) is 13.2 Å². The molecule has 0 aliphatic heterocycles. The van der Waals surface area contributed by atoms with Crippen molar-refractivity contribution in [2.45, 2.75) is 19.0 Å². The first-order valence-corrected chi connectivity index (χ1v) is 4.16. The molecule has 0 aromatic rings. The Balaban J connectivity index is 4.19. The fourth-order valence-electron chi connectivity index (χ4n) is 1.01. The highest BCUT2D eigenvalue weighted by atomic mass is 19.4. The Morgan fingerprint density at radius 3 is 2.21 bits per heavy atom. The Morgan fingerprint density at radius 2 is 1.93 bits per heavy atom. The van der Waals surface area contributed by atoms with Crippen molar-refractivity contribution in [3.8, 4) is 0 Å². The molecule has 1 unspecified atom stereocenters. The van der Waals surface area contributed by atoms with Crippen molar-refractivity contribution in [3.63, 3.8) is 0 Å². The summed E-state index contributed by atoms with van der Waals surface area (Å²) >= 11 is 0. The van der Waals surface area contributed by atoms with Gasteiger partial charge >= 0.3 is 12.1 Å². The molecule has 0 heterocycles. The third-order valence-electron chi connectivity index (χ3n) is 1.81. The molecule has 0 amide bonds. The normalized spacial score (nSPS) is 14.4. The Morgan fingerprint density at radius 1 is 1.43 bits per heavy atom. The van der Waals surface area contributed by atoms with Gasteiger partial charge in [-0.05, 0) is 27.1 Å². The van der Waals surface area contributed by atoms with E-state index >= 15 is 0 Å². The molecular formula is C8H14F3NO2. The maximum Gasteiger partial charge on any atom is 0.392 e. The quantitative estimate of drug-likeness (QED) is 0.754. The third kappa shape index (κ3) is 5.80. The van der Waals surface area contributed by atoms with E-state index in [1.165, 1.54) is 0 Å². The molecular weight excluding hydrogens is 199 g/mol. The van der Waals surface area contributed by atoms with Crippen LogP contribution in [0.25, 0.3) is 0 Å². The van der Waals surface area contributed by atoms with Gasteiger partial charge in [0.2, 0.25) is 0 Å². The summed E-state index contributed by atoms with van der Waals surface area (Å²) in [6, 6.07) is 0. The molecule has 0 aromatic heterocycles. The van der Waals surface area contributed by atoms with Crippen LogP contribution in [0.1, 0.15) is 12.8 Å². The van der Waals surface area contributed by atoms with Gasteiger partial charge in [-0.2, -0.15) is 13.2 Å². The van der Waals surface area contributed by atoms with E-state index in [0.717, 1.165) is 0 Å². The molecule has 0 saturated carbocycles. The third-order valence-corrected chi connectivity index (χ3v) is 1.81. The van der Waals surface area contributed by atoms with Crippen molar-refractivity contribution in [1.82, 2.24) is 4.90 Å². The maximum atomic E-state index is 12.2. The zero-order valence-electron chi connectivity index (χ0n) is 8.14. The predicted molar refractivity (Wildman–Crippen MR) is 45.0 cm³/mol. The summed E-state index contributed by atoms with van der Waals surface area (Å²) in [7, 11) is 3.29. The SMILES string of the molecule is CN(C)CCC(CC(=O)O)C(F)(F)F. The fraction of sp³-hybridized carbons (Fsp3) is 0.875. The molecule has 0 saturated heterocycles. The first-order valence-electron chi connectivity index (χ1n) is 4.16. The molecule has 1 atom stereocenters. The Bertz CT molecular complexity index is 192.